The molecule has 0 heteroatoms. The van der Waals surface area contributed by atoms with Crippen LogP contribution in [0.25, 0.3) is 64.6 Å². The molecule has 0 fully saturated rings. The number of fused-ring (bicyclic) bond motifs is 6. The van der Waals surface area contributed by atoms with Crippen molar-refractivity contribution in [2.24, 2.45) is 21.7 Å². The Morgan fingerprint density at radius 2 is 0.152 bits per heavy atom. The molecule has 16 aromatic carbocycles. The summed E-state index contributed by atoms with van der Waals surface area (Å²) in [6, 6.07) is 148. The first-order valence-electron chi connectivity index (χ1n) is 50.1. The largest absolute Gasteiger partial charge is 0.0683 e. The second-order valence-corrected chi connectivity index (χ2v) is 33.5. The average Bonchev–Trinajstić information content (AvgIpc) is 0.814. The molecular formula is C132H200. The van der Waals surface area contributed by atoms with Crippen molar-refractivity contribution >= 4 is 64.6 Å². The van der Waals surface area contributed by atoms with Gasteiger partial charge < -0.3 is 0 Å². The summed E-state index contributed by atoms with van der Waals surface area (Å²) >= 11 is 0. The van der Waals surface area contributed by atoms with Gasteiger partial charge >= 0.3 is 0 Å². The van der Waals surface area contributed by atoms with E-state index >= 15 is 0 Å². The second kappa shape index (κ2) is 109. The van der Waals surface area contributed by atoms with E-state index in [0.717, 1.165) is 0 Å². The van der Waals surface area contributed by atoms with Crippen LogP contribution < -0.4 is 0 Å². The second-order valence-electron chi connectivity index (χ2n) is 33.5. The zero-order chi connectivity index (χ0) is 103. The number of benzene rings is 16. The Morgan fingerprint density at radius 1 is 0.106 bits per heavy atom. The Hall–Kier alpha value is -10.9. The van der Waals surface area contributed by atoms with E-state index < -0.39 is 0 Å². The molecule has 0 aromatic heterocycles. The lowest BCUT2D eigenvalue weighted by Crippen LogP contribution is -1.93. The van der Waals surface area contributed by atoms with Gasteiger partial charge in [0.15, 0.2) is 0 Å². The van der Waals surface area contributed by atoms with Crippen LogP contribution in [0.4, 0.5) is 0 Å². The summed E-state index contributed by atoms with van der Waals surface area (Å²) in [5.74, 6) is 0. The summed E-state index contributed by atoms with van der Waals surface area (Å²) in [4.78, 5) is 0. The molecule has 0 spiro atoms. The summed E-state index contributed by atoms with van der Waals surface area (Å²) in [6.07, 6.45) is 5.00. The molecule has 0 bridgehead atoms. The first-order chi connectivity index (χ1) is 63.5. The molecule has 0 atom stereocenters. The SMILES string of the molecule is CC.CC.CC.CC.CC.CC.CC.CC.CC(C)(C)C.CC(C)(C)C.CC(C)(C)C.CC(C)(C)C.CCC.CCC.CCC.CCC.c1ccc2cc3ccccc3cc2c1.c1ccc2cc3ccccc3cc2c1.c1ccc2ccccc2c1.c1ccc2ccccc2c1.c1ccccc1.c1ccccc1.c1ccccc1.c1ccccc1.c1ccccc1.c1ccccc1. The zero-order valence-corrected chi connectivity index (χ0v) is 92.4. The van der Waals surface area contributed by atoms with E-state index in [-0.39, 0.29) is 0 Å². The Labute approximate surface area is 820 Å². The fourth-order valence-corrected chi connectivity index (χ4v) is 8.34. The molecule has 0 amide bonds. The molecule has 0 nitrogen and oxygen atoms in total. The minimum Gasteiger partial charge on any atom is -0.0683 e. The van der Waals surface area contributed by atoms with Gasteiger partial charge in [0.25, 0.3) is 0 Å². The number of hydrogen-bond donors (Lipinski definition) is 0. The molecule has 0 N–H and O–H groups in total. The van der Waals surface area contributed by atoms with Crippen LogP contribution in [-0.2, 0) is 0 Å². The lowest BCUT2D eigenvalue weighted by molar-refractivity contribution is 0.469. The molecule has 16 aromatic rings. The Morgan fingerprint density at radius 3 is 0.205 bits per heavy atom. The number of rotatable bonds is 0. The summed E-state index contributed by atoms with van der Waals surface area (Å²) in [7, 11) is 0. The van der Waals surface area contributed by atoms with Crippen LogP contribution in [-0.4, -0.2) is 0 Å². The molecule has 0 aliphatic rings. The first kappa shape index (κ1) is 141. The minimum atomic E-state index is 0.500. The van der Waals surface area contributed by atoms with E-state index in [0.29, 0.717) is 21.7 Å². The van der Waals surface area contributed by atoms with Gasteiger partial charge in [-0.3, -0.25) is 0 Å². The van der Waals surface area contributed by atoms with Crippen molar-refractivity contribution < 1.29 is 0 Å². The van der Waals surface area contributed by atoms with Gasteiger partial charge in [-0.2, -0.15) is 0 Å². The highest BCUT2D eigenvalue weighted by atomic mass is 14.1. The smallest absolute Gasteiger partial charge is 0.0178 e. The van der Waals surface area contributed by atoms with Gasteiger partial charge in [0.05, 0.1) is 0 Å². The van der Waals surface area contributed by atoms with E-state index in [9.17, 15) is 0 Å². The van der Waals surface area contributed by atoms with E-state index in [2.05, 4.69) is 385 Å². The third-order valence-electron chi connectivity index (χ3n) is 12.5. The quantitative estimate of drug-likeness (QED) is 0.133. The van der Waals surface area contributed by atoms with Crippen LogP contribution in [0.5, 0.6) is 0 Å². The molecular weight excluding hydrogens is 1590 g/mol. The van der Waals surface area contributed by atoms with Gasteiger partial charge in [-0.1, -0.05) is 715 Å². The van der Waals surface area contributed by atoms with Gasteiger partial charge in [-0.05, 0) is 111 Å². The highest BCUT2D eigenvalue weighted by Gasteiger charge is 2.00. The van der Waals surface area contributed by atoms with Gasteiger partial charge in [-0.25, -0.2) is 0 Å². The van der Waals surface area contributed by atoms with Crippen molar-refractivity contribution in [1.29, 1.82) is 0 Å². The Balaban J connectivity index is -0.000000150. The molecule has 0 aliphatic carbocycles. The van der Waals surface area contributed by atoms with E-state index in [1.54, 1.807) is 0 Å². The van der Waals surface area contributed by atoms with Crippen molar-refractivity contribution in [3.05, 3.63) is 437 Å². The van der Waals surface area contributed by atoms with E-state index in [1.165, 1.54) is 90.3 Å². The van der Waals surface area contributed by atoms with Gasteiger partial charge in [0.2, 0.25) is 0 Å². The maximum Gasteiger partial charge on any atom is -0.0178 e. The molecule has 16 rings (SSSR count). The third kappa shape index (κ3) is 113. The summed E-state index contributed by atoms with van der Waals surface area (Å²) < 4.78 is 0. The predicted octanol–water partition coefficient (Wildman–Crippen LogP) is 45.9. The van der Waals surface area contributed by atoms with Gasteiger partial charge in [0.1, 0.15) is 0 Å². The summed E-state index contributed by atoms with van der Waals surface area (Å²) in [5, 5.41) is 15.7. The standard InChI is InChI=1S/2C14H10.2C10H8.6C6H6.4C5H12.4C3H8.8C2H6/c2*1-2-6-12-10-14-8-4-3-7-13(14)9-11(12)5-1;2*1-2-6-10-8-4-3-7-9(10)5-1;6*1-2-4-6-5-3-1;4*1-5(2,3)4;4*1-3-2;8*1-2/h2*1-10H;2*1-8H;6*1-6H;4*1-4H3;4*3H2,1-2H3;8*1-2H3. The maximum atomic E-state index is 2.24. The lowest BCUT2D eigenvalue weighted by Gasteiger charge is -2.05. The third-order valence-corrected chi connectivity index (χ3v) is 12.5. The van der Waals surface area contributed by atoms with E-state index in [4.69, 9.17) is 0 Å². The Kier molecular flexibility index (Phi) is 117. The van der Waals surface area contributed by atoms with Crippen LogP contribution in [0.15, 0.2) is 437 Å². The molecule has 132 heavy (non-hydrogen) atoms. The molecule has 0 radical (unpaired) electrons. The normalized spacial score (nSPS) is 8.73. The molecule has 0 unspecified atom stereocenters. The fraction of sp³-hybridized carbons (Fsp3) is 0.364. The lowest BCUT2D eigenvalue weighted by atomic mass is 10.0. The van der Waals surface area contributed by atoms with Crippen molar-refractivity contribution in [1.82, 2.24) is 0 Å². The molecule has 0 saturated heterocycles. The molecule has 0 heterocycles. The zero-order valence-electron chi connectivity index (χ0n) is 92.4. The fourth-order valence-electron chi connectivity index (χ4n) is 8.34. The monoisotopic (exact) mass is 1790 g/mol. The van der Waals surface area contributed by atoms with Crippen LogP contribution in [0, 0.1) is 21.7 Å². The molecule has 0 saturated carbocycles. The van der Waals surface area contributed by atoms with Crippen LogP contribution in [0.2, 0.25) is 0 Å². The van der Waals surface area contributed by atoms with Crippen molar-refractivity contribution in [3.8, 4) is 0 Å². The number of hydrogen-bond acceptors (Lipinski definition) is 0. The molecule has 728 valence electrons. The highest BCUT2D eigenvalue weighted by Crippen LogP contribution is 2.24. The first-order valence-corrected chi connectivity index (χ1v) is 50.1. The van der Waals surface area contributed by atoms with Gasteiger partial charge in [0, 0.05) is 0 Å². The molecule has 0 aliphatic heterocycles. The summed E-state index contributed by atoms with van der Waals surface area (Å²) in [6.45, 7) is 84.0. The van der Waals surface area contributed by atoms with Crippen LogP contribution in [0.3, 0.4) is 0 Å². The predicted molar refractivity (Wildman–Crippen MR) is 625 cm³/mol. The van der Waals surface area contributed by atoms with Crippen molar-refractivity contribution in [2.45, 2.75) is 303 Å². The van der Waals surface area contributed by atoms with Crippen LogP contribution >= 0.6 is 0 Å². The van der Waals surface area contributed by atoms with Gasteiger partial charge in [-0.15, -0.1) is 0 Å². The Bertz CT molecular complexity index is 3660. The topological polar surface area (TPSA) is 0 Å². The van der Waals surface area contributed by atoms with E-state index in [1.807, 2.05) is 329 Å². The highest BCUT2D eigenvalue weighted by molar-refractivity contribution is 5.99. The van der Waals surface area contributed by atoms with Crippen LogP contribution in [0.1, 0.15) is 303 Å². The van der Waals surface area contributed by atoms with Crippen molar-refractivity contribution in [3.63, 3.8) is 0 Å². The van der Waals surface area contributed by atoms with Crippen molar-refractivity contribution in [2.75, 3.05) is 0 Å². The minimum absolute atomic E-state index is 0.500. The average molecular weight is 1790 g/mol. The maximum absolute atomic E-state index is 2.24. The summed E-state index contributed by atoms with van der Waals surface area (Å²) in [5.41, 5.74) is 2.00.